The van der Waals surface area contributed by atoms with Crippen LogP contribution in [0.4, 0.5) is 0 Å². The van der Waals surface area contributed by atoms with E-state index in [2.05, 4.69) is 22.1 Å². The fourth-order valence-corrected chi connectivity index (χ4v) is 5.60. The van der Waals surface area contributed by atoms with E-state index in [0.717, 1.165) is 45.8 Å². The van der Waals surface area contributed by atoms with Crippen molar-refractivity contribution >= 4 is 39.0 Å². The summed E-state index contributed by atoms with van der Waals surface area (Å²) < 4.78 is 2.03. The number of thioether (sulfide) groups is 1. The molecule has 0 saturated heterocycles. The van der Waals surface area contributed by atoms with Crippen LogP contribution in [-0.2, 0) is 18.6 Å². The van der Waals surface area contributed by atoms with Gasteiger partial charge in [0.2, 0.25) is 0 Å². The topological polar surface area (TPSA) is 56.0 Å². The second-order valence-corrected chi connectivity index (χ2v) is 8.59. The van der Waals surface area contributed by atoms with Crippen LogP contribution in [0.2, 0.25) is 0 Å². The van der Waals surface area contributed by atoms with Crippen molar-refractivity contribution in [2.24, 2.45) is 5.92 Å². The molecule has 0 aromatic carbocycles. The average Bonchev–Trinajstić information content (AvgIpc) is 3.20. The van der Waals surface area contributed by atoms with Gasteiger partial charge in [-0.1, -0.05) is 24.8 Å². The lowest BCUT2D eigenvalue weighted by atomic mass is 9.89. The summed E-state index contributed by atoms with van der Waals surface area (Å²) in [7, 11) is 0. The quantitative estimate of drug-likeness (QED) is 0.509. The highest BCUT2D eigenvalue weighted by atomic mass is 32.2. The minimum atomic E-state index is 0.763. The SMILES string of the molecule is C[C@H]1CCc2c(sc3ncn4c(SCc5ccccn5)nnc4c23)C1. The van der Waals surface area contributed by atoms with Crippen molar-refractivity contribution in [2.45, 2.75) is 37.1 Å². The van der Waals surface area contributed by atoms with Gasteiger partial charge >= 0.3 is 0 Å². The summed E-state index contributed by atoms with van der Waals surface area (Å²) in [6.45, 7) is 2.33. The van der Waals surface area contributed by atoms with Gasteiger partial charge in [-0.15, -0.1) is 21.5 Å². The number of hydrogen-bond donors (Lipinski definition) is 0. The number of aromatic nitrogens is 5. The molecule has 25 heavy (non-hydrogen) atoms. The third kappa shape index (κ3) is 2.62. The van der Waals surface area contributed by atoms with Crippen molar-refractivity contribution in [2.75, 3.05) is 0 Å². The Hall–Kier alpha value is -1.99. The van der Waals surface area contributed by atoms with Gasteiger partial charge < -0.3 is 0 Å². The summed E-state index contributed by atoms with van der Waals surface area (Å²) >= 11 is 3.48. The first-order valence-corrected chi connectivity index (χ1v) is 10.3. The molecular formula is C18H17N5S2. The van der Waals surface area contributed by atoms with Crippen LogP contribution in [0.3, 0.4) is 0 Å². The summed E-state index contributed by atoms with van der Waals surface area (Å²) in [5.74, 6) is 1.54. The zero-order valence-electron chi connectivity index (χ0n) is 13.8. The van der Waals surface area contributed by atoms with Gasteiger partial charge in [0.15, 0.2) is 10.8 Å². The number of pyridine rings is 1. The van der Waals surface area contributed by atoms with Gasteiger partial charge in [-0.2, -0.15) is 0 Å². The molecule has 0 aliphatic heterocycles. The molecule has 0 saturated carbocycles. The van der Waals surface area contributed by atoms with Gasteiger partial charge in [0, 0.05) is 16.8 Å². The lowest BCUT2D eigenvalue weighted by Crippen LogP contribution is -2.08. The van der Waals surface area contributed by atoms with Crippen LogP contribution in [0.15, 0.2) is 35.9 Å². The van der Waals surface area contributed by atoms with E-state index >= 15 is 0 Å². The van der Waals surface area contributed by atoms with Crippen LogP contribution in [0, 0.1) is 5.92 Å². The first-order valence-electron chi connectivity index (χ1n) is 8.46. The molecule has 0 N–H and O–H groups in total. The molecule has 0 radical (unpaired) electrons. The molecule has 4 aromatic heterocycles. The van der Waals surface area contributed by atoms with Crippen molar-refractivity contribution in [1.29, 1.82) is 0 Å². The lowest BCUT2D eigenvalue weighted by Gasteiger charge is -2.17. The summed E-state index contributed by atoms with van der Waals surface area (Å²) in [5.41, 5.74) is 3.44. The summed E-state index contributed by atoms with van der Waals surface area (Å²) in [5, 5.41) is 11.0. The molecule has 126 valence electrons. The standard InChI is InChI=1S/C18H17N5S2/c1-11-5-6-13-14(8-11)25-17-15(13)16-21-22-18(23(16)10-20-17)24-9-12-4-2-3-7-19-12/h2-4,7,10-11H,5-6,8-9H2,1H3/t11-/m0/s1. The molecule has 4 heterocycles. The fraction of sp³-hybridized carbons (Fsp3) is 0.333. The summed E-state index contributed by atoms with van der Waals surface area (Å²) in [6, 6.07) is 5.97. The van der Waals surface area contributed by atoms with Crippen LogP contribution >= 0.6 is 23.1 Å². The van der Waals surface area contributed by atoms with Gasteiger partial charge in [0.05, 0.1) is 11.1 Å². The summed E-state index contributed by atoms with van der Waals surface area (Å²) in [4.78, 5) is 11.7. The smallest absolute Gasteiger partial charge is 0.197 e. The van der Waals surface area contributed by atoms with Crippen LogP contribution in [0.25, 0.3) is 15.9 Å². The summed E-state index contributed by atoms with van der Waals surface area (Å²) in [6.07, 6.45) is 7.22. The van der Waals surface area contributed by atoms with Crippen molar-refractivity contribution in [1.82, 2.24) is 24.6 Å². The predicted octanol–water partition coefficient (Wildman–Crippen LogP) is 4.15. The minimum Gasteiger partial charge on any atom is -0.260 e. The van der Waals surface area contributed by atoms with Crippen LogP contribution in [0.5, 0.6) is 0 Å². The molecule has 5 nitrogen and oxygen atoms in total. The zero-order chi connectivity index (χ0) is 16.8. The molecule has 0 bridgehead atoms. The molecule has 0 spiro atoms. The number of rotatable bonds is 3. The maximum atomic E-state index is 4.70. The third-order valence-electron chi connectivity index (χ3n) is 4.75. The molecule has 1 aliphatic rings. The van der Waals surface area contributed by atoms with Gasteiger partial charge in [-0.05, 0) is 42.9 Å². The second-order valence-electron chi connectivity index (χ2n) is 6.56. The normalized spacial score (nSPS) is 17.2. The Morgan fingerprint density at radius 2 is 2.24 bits per heavy atom. The van der Waals surface area contributed by atoms with Crippen molar-refractivity contribution in [3.8, 4) is 0 Å². The maximum absolute atomic E-state index is 4.70. The molecular weight excluding hydrogens is 350 g/mol. The number of fused-ring (bicyclic) bond motifs is 5. The average molecular weight is 368 g/mol. The molecule has 1 atom stereocenters. The van der Waals surface area contributed by atoms with E-state index in [9.17, 15) is 0 Å². The Bertz CT molecular complexity index is 1050. The first kappa shape index (κ1) is 15.3. The van der Waals surface area contributed by atoms with Gasteiger partial charge in [-0.25, -0.2) is 4.98 Å². The van der Waals surface area contributed by atoms with Crippen molar-refractivity contribution in [3.63, 3.8) is 0 Å². The van der Waals surface area contributed by atoms with Crippen LogP contribution in [0.1, 0.15) is 29.5 Å². The molecule has 0 unspecified atom stereocenters. The fourth-order valence-electron chi connectivity index (χ4n) is 3.44. The van der Waals surface area contributed by atoms with Crippen molar-refractivity contribution < 1.29 is 0 Å². The highest BCUT2D eigenvalue weighted by Crippen LogP contribution is 2.39. The number of hydrogen-bond acceptors (Lipinski definition) is 6. The van der Waals surface area contributed by atoms with E-state index in [-0.39, 0.29) is 0 Å². The monoisotopic (exact) mass is 367 g/mol. The number of nitrogens with zero attached hydrogens (tertiary/aromatic N) is 5. The van der Waals surface area contributed by atoms with E-state index in [0.29, 0.717) is 0 Å². The largest absolute Gasteiger partial charge is 0.260 e. The predicted molar refractivity (Wildman–Crippen MR) is 101 cm³/mol. The Morgan fingerprint density at radius 1 is 1.28 bits per heavy atom. The maximum Gasteiger partial charge on any atom is 0.197 e. The van der Waals surface area contributed by atoms with E-state index in [1.54, 1.807) is 11.8 Å². The Labute approximate surface area is 153 Å². The van der Waals surface area contributed by atoms with E-state index < -0.39 is 0 Å². The second kappa shape index (κ2) is 6.07. The van der Waals surface area contributed by atoms with E-state index in [1.807, 2.05) is 46.5 Å². The van der Waals surface area contributed by atoms with E-state index in [4.69, 9.17) is 4.98 Å². The first-order chi connectivity index (χ1) is 12.3. The van der Waals surface area contributed by atoms with Crippen LogP contribution in [-0.4, -0.2) is 24.6 Å². The minimum absolute atomic E-state index is 0.763. The Kier molecular flexibility index (Phi) is 3.71. The molecule has 5 rings (SSSR count). The number of aryl methyl sites for hydroxylation is 1. The highest BCUT2D eigenvalue weighted by molar-refractivity contribution is 7.98. The number of thiophene rings is 1. The molecule has 4 aromatic rings. The zero-order valence-corrected chi connectivity index (χ0v) is 15.5. The Morgan fingerprint density at radius 3 is 3.12 bits per heavy atom. The molecule has 0 fully saturated rings. The van der Waals surface area contributed by atoms with Gasteiger partial charge in [0.1, 0.15) is 11.2 Å². The van der Waals surface area contributed by atoms with Crippen molar-refractivity contribution in [3.05, 3.63) is 46.9 Å². The highest BCUT2D eigenvalue weighted by Gasteiger charge is 2.23. The van der Waals surface area contributed by atoms with Crippen LogP contribution < -0.4 is 0 Å². The Balaban J connectivity index is 1.55. The van der Waals surface area contributed by atoms with Gasteiger partial charge in [0.25, 0.3) is 0 Å². The lowest BCUT2D eigenvalue weighted by molar-refractivity contribution is 0.509. The van der Waals surface area contributed by atoms with Gasteiger partial charge in [-0.3, -0.25) is 9.38 Å². The van der Waals surface area contributed by atoms with E-state index in [1.165, 1.54) is 22.2 Å². The third-order valence-corrected chi connectivity index (χ3v) is 6.89. The molecule has 0 amide bonds. The molecule has 1 aliphatic carbocycles. The molecule has 7 heteroatoms.